The number of carbonyl (C=O) groups is 2. The largest absolute Gasteiger partial charge is 0.497 e. The van der Waals surface area contributed by atoms with Crippen LogP contribution in [0.4, 0.5) is 5.69 Å². The molecule has 5 nitrogen and oxygen atoms in total. The van der Waals surface area contributed by atoms with Crippen LogP contribution in [0, 0.1) is 0 Å². The molecule has 0 spiro atoms. The number of rotatable bonds is 3. The van der Waals surface area contributed by atoms with E-state index in [0.29, 0.717) is 27.0 Å². The lowest BCUT2D eigenvalue weighted by atomic mass is 10.1. The summed E-state index contributed by atoms with van der Waals surface area (Å²) >= 11 is 17.2. The van der Waals surface area contributed by atoms with Gasteiger partial charge in [0.25, 0.3) is 11.8 Å². The summed E-state index contributed by atoms with van der Waals surface area (Å²) in [6.45, 7) is 0. The van der Waals surface area contributed by atoms with E-state index in [9.17, 15) is 9.59 Å². The van der Waals surface area contributed by atoms with Gasteiger partial charge in [-0.3, -0.25) is 19.8 Å². The first-order valence-electron chi connectivity index (χ1n) is 7.40. The Balaban J connectivity index is 2.00. The van der Waals surface area contributed by atoms with Gasteiger partial charge in [-0.2, -0.15) is 0 Å². The number of methoxy groups -OCH3 is 1. The minimum atomic E-state index is -0.569. The molecule has 0 aliphatic carbocycles. The normalized spacial score (nSPS) is 16.0. The zero-order valence-electron chi connectivity index (χ0n) is 13.5. The number of amides is 2. The molecule has 26 heavy (non-hydrogen) atoms. The van der Waals surface area contributed by atoms with Crippen molar-refractivity contribution >= 4 is 64.1 Å². The maximum absolute atomic E-state index is 12.9. The summed E-state index contributed by atoms with van der Waals surface area (Å²) < 4.78 is 5.10. The number of nitrogens with zero attached hydrogens (tertiary/aromatic N) is 1. The molecule has 1 fully saturated rings. The second-order valence-electron chi connectivity index (χ2n) is 5.36. The molecule has 0 unspecified atom stereocenters. The highest BCUT2D eigenvalue weighted by Crippen LogP contribution is 2.28. The first-order valence-corrected chi connectivity index (χ1v) is 8.57. The Morgan fingerprint density at radius 2 is 1.69 bits per heavy atom. The Kier molecular flexibility index (Phi) is 5.27. The fourth-order valence-corrected chi connectivity index (χ4v) is 3.22. The molecule has 0 atom stereocenters. The average molecular weight is 407 g/mol. The van der Waals surface area contributed by atoms with Gasteiger partial charge in [-0.1, -0.05) is 35.3 Å². The molecule has 1 saturated heterocycles. The molecular weight excluding hydrogens is 395 g/mol. The lowest BCUT2D eigenvalue weighted by molar-refractivity contribution is -0.122. The predicted octanol–water partition coefficient (Wildman–Crippen LogP) is 3.83. The molecule has 2 aromatic carbocycles. The quantitative estimate of drug-likeness (QED) is 0.477. The fraction of sp³-hybridized carbons (Fsp3) is 0.0556. The van der Waals surface area contributed by atoms with Gasteiger partial charge in [0.2, 0.25) is 0 Å². The Labute approximate surface area is 165 Å². The lowest BCUT2D eigenvalue weighted by Gasteiger charge is -2.29. The van der Waals surface area contributed by atoms with Crippen LogP contribution >= 0.6 is 35.4 Å². The zero-order chi connectivity index (χ0) is 18.8. The third-order valence-electron chi connectivity index (χ3n) is 3.63. The molecular formula is C18H12Cl2N2O3S. The van der Waals surface area contributed by atoms with E-state index in [0.717, 1.165) is 0 Å². The van der Waals surface area contributed by atoms with Gasteiger partial charge >= 0.3 is 0 Å². The van der Waals surface area contributed by atoms with Gasteiger partial charge in [0.1, 0.15) is 11.3 Å². The number of hydrogen-bond acceptors (Lipinski definition) is 4. The van der Waals surface area contributed by atoms with Crippen molar-refractivity contribution < 1.29 is 14.3 Å². The van der Waals surface area contributed by atoms with Crippen LogP contribution in [-0.4, -0.2) is 24.0 Å². The summed E-state index contributed by atoms with van der Waals surface area (Å²) in [7, 11) is 1.56. The number of halogens is 2. The van der Waals surface area contributed by atoms with Gasteiger partial charge in [0.15, 0.2) is 5.11 Å². The van der Waals surface area contributed by atoms with Gasteiger partial charge in [-0.05, 0) is 54.2 Å². The van der Waals surface area contributed by atoms with Crippen LogP contribution in [0.3, 0.4) is 0 Å². The standard InChI is InChI=1S/C18H12Cl2N2O3S/c1-25-14-4-2-10(3-5-14)6-15-16(23)21-18(26)22(17(15)24)13-8-11(19)7-12(20)9-13/h2-9H,1H3,(H,21,23,26). The molecule has 2 aromatic rings. The highest BCUT2D eigenvalue weighted by molar-refractivity contribution is 7.80. The third kappa shape index (κ3) is 3.72. The Morgan fingerprint density at radius 3 is 2.27 bits per heavy atom. The number of hydrogen-bond donors (Lipinski definition) is 1. The second kappa shape index (κ2) is 7.45. The van der Waals surface area contributed by atoms with Crippen molar-refractivity contribution in [2.45, 2.75) is 0 Å². The average Bonchev–Trinajstić information content (AvgIpc) is 2.58. The number of thiocarbonyl (C=S) groups is 1. The van der Waals surface area contributed by atoms with E-state index < -0.39 is 11.8 Å². The highest BCUT2D eigenvalue weighted by atomic mass is 35.5. The molecule has 1 N–H and O–H groups in total. The number of nitrogens with one attached hydrogen (secondary N) is 1. The summed E-state index contributed by atoms with van der Waals surface area (Å²) in [5.41, 5.74) is 0.985. The van der Waals surface area contributed by atoms with E-state index in [2.05, 4.69) is 5.32 Å². The Morgan fingerprint density at radius 1 is 1.08 bits per heavy atom. The Bertz CT molecular complexity index is 922. The zero-order valence-corrected chi connectivity index (χ0v) is 15.8. The number of benzene rings is 2. The van der Waals surface area contributed by atoms with Gasteiger partial charge in [0, 0.05) is 10.0 Å². The second-order valence-corrected chi connectivity index (χ2v) is 6.62. The smallest absolute Gasteiger partial charge is 0.270 e. The first kappa shape index (κ1) is 18.4. The van der Waals surface area contributed by atoms with Crippen LogP contribution in [0.25, 0.3) is 6.08 Å². The maximum Gasteiger partial charge on any atom is 0.270 e. The van der Waals surface area contributed by atoms with Gasteiger partial charge in [-0.15, -0.1) is 0 Å². The summed E-state index contributed by atoms with van der Waals surface area (Å²) in [4.78, 5) is 26.3. The van der Waals surface area contributed by atoms with Crippen LogP contribution in [0.15, 0.2) is 48.0 Å². The van der Waals surface area contributed by atoms with Crippen molar-refractivity contribution in [3.05, 3.63) is 63.6 Å². The van der Waals surface area contributed by atoms with Crippen LogP contribution in [0.2, 0.25) is 10.0 Å². The van der Waals surface area contributed by atoms with Crippen molar-refractivity contribution in [1.82, 2.24) is 5.32 Å². The van der Waals surface area contributed by atoms with E-state index in [1.807, 2.05) is 0 Å². The van der Waals surface area contributed by atoms with Crippen LogP contribution in [0.5, 0.6) is 5.75 Å². The van der Waals surface area contributed by atoms with Gasteiger partial charge in [0.05, 0.1) is 12.8 Å². The summed E-state index contributed by atoms with van der Waals surface area (Å²) in [5, 5.41) is 3.17. The minimum absolute atomic E-state index is 0.0368. The number of ether oxygens (including phenoxy) is 1. The molecule has 8 heteroatoms. The molecule has 3 rings (SSSR count). The molecule has 0 aromatic heterocycles. The molecule has 2 amide bonds. The van der Waals surface area contributed by atoms with E-state index in [1.54, 1.807) is 43.5 Å². The van der Waals surface area contributed by atoms with Gasteiger partial charge in [-0.25, -0.2) is 0 Å². The molecule has 1 heterocycles. The topological polar surface area (TPSA) is 58.6 Å². The van der Waals surface area contributed by atoms with E-state index >= 15 is 0 Å². The van der Waals surface area contributed by atoms with E-state index in [4.69, 9.17) is 40.2 Å². The molecule has 132 valence electrons. The minimum Gasteiger partial charge on any atom is -0.497 e. The lowest BCUT2D eigenvalue weighted by Crippen LogP contribution is -2.54. The number of carbonyl (C=O) groups excluding carboxylic acids is 2. The molecule has 1 aliphatic rings. The van der Waals surface area contributed by atoms with Crippen molar-refractivity contribution in [3.8, 4) is 5.75 Å². The molecule has 0 saturated carbocycles. The van der Waals surface area contributed by atoms with E-state index in [1.165, 1.54) is 17.0 Å². The molecule has 0 bridgehead atoms. The monoisotopic (exact) mass is 406 g/mol. The first-order chi connectivity index (χ1) is 12.4. The van der Waals surface area contributed by atoms with Crippen molar-refractivity contribution in [3.63, 3.8) is 0 Å². The van der Waals surface area contributed by atoms with Gasteiger partial charge < -0.3 is 4.74 Å². The highest BCUT2D eigenvalue weighted by Gasteiger charge is 2.34. The molecule has 0 radical (unpaired) electrons. The van der Waals surface area contributed by atoms with E-state index in [-0.39, 0.29) is 10.7 Å². The summed E-state index contributed by atoms with van der Waals surface area (Å²) in [6.07, 6.45) is 1.48. The van der Waals surface area contributed by atoms with Crippen molar-refractivity contribution in [2.75, 3.05) is 12.0 Å². The van der Waals surface area contributed by atoms with Crippen molar-refractivity contribution in [1.29, 1.82) is 0 Å². The number of anilines is 1. The SMILES string of the molecule is COc1ccc(C=C2C(=O)NC(=S)N(c3cc(Cl)cc(Cl)c3)C2=O)cc1. The predicted molar refractivity (Wildman–Crippen MR) is 106 cm³/mol. The third-order valence-corrected chi connectivity index (χ3v) is 4.36. The fourth-order valence-electron chi connectivity index (χ4n) is 2.43. The van der Waals surface area contributed by atoms with Crippen molar-refractivity contribution in [2.24, 2.45) is 0 Å². The summed E-state index contributed by atoms with van der Waals surface area (Å²) in [5.74, 6) is -0.462. The van der Waals surface area contributed by atoms with Crippen LogP contribution in [0.1, 0.15) is 5.56 Å². The molecule has 1 aliphatic heterocycles. The maximum atomic E-state index is 12.9. The van der Waals surface area contributed by atoms with Crippen LogP contribution in [-0.2, 0) is 9.59 Å². The summed E-state index contributed by atoms with van der Waals surface area (Å²) in [6, 6.07) is 11.6. The van der Waals surface area contributed by atoms with Crippen LogP contribution < -0.4 is 15.0 Å². The Hall–Kier alpha value is -2.41.